The predicted octanol–water partition coefficient (Wildman–Crippen LogP) is 14.2. The topological polar surface area (TPSA) is 78.9 Å². The standard InChI is InChI=1S/C51H78O6/c1-4-7-10-13-16-19-21-23-25-27-29-32-35-38-41-44-50(53)56-47-48(46-55-49(52)43-40-37-34-31-18-15-12-9-6-3)57-51(54)45-42-39-36-33-30-28-26-24-22-20-17-14-11-8-5-2/h7-8,10-11,16-17,19-20,23-26,29-30,32-33,38-39,41-42,48H,4-6,9,12-15,18,21-22,27-28,31,34-37,40,43-47H2,1-3H3/b10-7-,11-8-,19-16-,20-17-,25-23-,26-24-,32-29-,33-30-,41-38-,42-39-. The van der Waals surface area contributed by atoms with Crippen LogP contribution in [-0.2, 0) is 28.6 Å². The van der Waals surface area contributed by atoms with Gasteiger partial charge in [-0.2, -0.15) is 0 Å². The van der Waals surface area contributed by atoms with Gasteiger partial charge in [-0.15, -0.1) is 0 Å². The van der Waals surface area contributed by atoms with Gasteiger partial charge in [0.05, 0.1) is 12.8 Å². The molecule has 318 valence electrons. The van der Waals surface area contributed by atoms with Crippen LogP contribution in [0.3, 0.4) is 0 Å². The number of ether oxygens (including phenoxy) is 3. The van der Waals surface area contributed by atoms with Crippen LogP contribution in [0.25, 0.3) is 0 Å². The third kappa shape index (κ3) is 42.8. The Kier molecular flexibility index (Phi) is 41.3. The summed E-state index contributed by atoms with van der Waals surface area (Å²) in [5, 5.41) is 0. The average Bonchev–Trinajstić information content (AvgIpc) is 3.21. The van der Waals surface area contributed by atoms with Crippen LogP contribution in [0.5, 0.6) is 0 Å². The molecule has 0 aromatic rings. The molecule has 6 heteroatoms. The zero-order chi connectivity index (χ0) is 41.5. The Morgan fingerprint density at radius 3 is 1.07 bits per heavy atom. The molecule has 0 saturated carbocycles. The van der Waals surface area contributed by atoms with Gasteiger partial charge in [-0.3, -0.25) is 14.4 Å². The molecule has 0 fully saturated rings. The van der Waals surface area contributed by atoms with Crippen molar-refractivity contribution in [2.75, 3.05) is 13.2 Å². The van der Waals surface area contributed by atoms with Crippen LogP contribution in [-0.4, -0.2) is 37.2 Å². The first-order valence-corrected chi connectivity index (χ1v) is 22.0. The minimum absolute atomic E-state index is 0.0738. The van der Waals surface area contributed by atoms with Crippen molar-refractivity contribution >= 4 is 17.9 Å². The van der Waals surface area contributed by atoms with Crippen molar-refractivity contribution in [3.63, 3.8) is 0 Å². The molecule has 0 aliphatic carbocycles. The molecular weight excluding hydrogens is 709 g/mol. The summed E-state index contributed by atoms with van der Waals surface area (Å²) < 4.78 is 16.4. The van der Waals surface area contributed by atoms with E-state index in [0.717, 1.165) is 77.0 Å². The molecular formula is C51H78O6. The molecule has 0 bridgehead atoms. The fraction of sp³-hybridized carbons (Fsp3) is 0.549. The van der Waals surface area contributed by atoms with E-state index in [4.69, 9.17) is 14.2 Å². The second-order valence-electron chi connectivity index (χ2n) is 13.9. The molecule has 0 aliphatic rings. The number of esters is 3. The summed E-state index contributed by atoms with van der Waals surface area (Å²) in [6, 6.07) is 0. The summed E-state index contributed by atoms with van der Waals surface area (Å²) in [6.45, 7) is 6.17. The van der Waals surface area contributed by atoms with Gasteiger partial charge in [0.2, 0.25) is 0 Å². The van der Waals surface area contributed by atoms with E-state index in [1.165, 1.54) is 38.5 Å². The van der Waals surface area contributed by atoms with E-state index in [1.807, 2.05) is 12.2 Å². The van der Waals surface area contributed by atoms with Crippen LogP contribution < -0.4 is 0 Å². The van der Waals surface area contributed by atoms with Crippen LogP contribution in [0.4, 0.5) is 0 Å². The van der Waals surface area contributed by atoms with Crippen molar-refractivity contribution in [3.8, 4) is 0 Å². The van der Waals surface area contributed by atoms with Gasteiger partial charge in [-0.05, 0) is 70.6 Å². The molecule has 0 amide bonds. The number of carbonyl (C=O) groups excluding carboxylic acids is 3. The van der Waals surface area contributed by atoms with Crippen LogP contribution >= 0.6 is 0 Å². The zero-order valence-electron chi connectivity index (χ0n) is 36.0. The Labute approximate surface area is 348 Å². The fourth-order valence-electron chi connectivity index (χ4n) is 5.29. The van der Waals surface area contributed by atoms with E-state index in [9.17, 15) is 14.4 Å². The van der Waals surface area contributed by atoms with Gasteiger partial charge in [-0.1, -0.05) is 194 Å². The third-order valence-corrected chi connectivity index (χ3v) is 8.53. The van der Waals surface area contributed by atoms with Crippen molar-refractivity contribution in [2.45, 2.75) is 168 Å². The van der Waals surface area contributed by atoms with Crippen LogP contribution in [0, 0.1) is 0 Å². The number of hydrogen-bond donors (Lipinski definition) is 0. The van der Waals surface area contributed by atoms with E-state index in [1.54, 1.807) is 12.2 Å². The molecule has 57 heavy (non-hydrogen) atoms. The molecule has 0 aliphatic heterocycles. The lowest BCUT2D eigenvalue weighted by atomic mass is 10.1. The maximum Gasteiger partial charge on any atom is 0.310 e. The lowest BCUT2D eigenvalue weighted by Crippen LogP contribution is -2.30. The molecule has 0 spiro atoms. The molecule has 1 atom stereocenters. The maximum absolute atomic E-state index is 12.6. The van der Waals surface area contributed by atoms with E-state index in [2.05, 4.69) is 118 Å². The van der Waals surface area contributed by atoms with Crippen LogP contribution in [0.1, 0.15) is 162 Å². The highest BCUT2D eigenvalue weighted by Gasteiger charge is 2.19. The summed E-state index contributed by atoms with van der Waals surface area (Å²) >= 11 is 0. The molecule has 0 saturated heterocycles. The lowest BCUT2D eigenvalue weighted by molar-refractivity contribution is -0.166. The van der Waals surface area contributed by atoms with E-state index >= 15 is 0 Å². The molecule has 6 nitrogen and oxygen atoms in total. The van der Waals surface area contributed by atoms with E-state index < -0.39 is 18.0 Å². The number of carbonyl (C=O) groups is 3. The Hall–Kier alpha value is -4.19. The minimum atomic E-state index is -0.871. The summed E-state index contributed by atoms with van der Waals surface area (Å²) in [5.74, 6) is -1.23. The Bertz CT molecular complexity index is 1270. The normalized spacial score (nSPS) is 13.2. The number of rotatable bonds is 37. The highest BCUT2D eigenvalue weighted by Crippen LogP contribution is 2.11. The first-order chi connectivity index (χ1) is 28.0. The third-order valence-electron chi connectivity index (χ3n) is 8.53. The molecule has 0 radical (unpaired) electrons. The van der Waals surface area contributed by atoms with E-state index in [-0.39, 0.29) is 32.0 Å². The summed E-state index contributed by atoms with van der Waals surface area (Å²) in [4.78, 5) is 37.5. The fourth-order valence-corrected chi connectivity index (χ4v) is 5.29. The van der Waals surface area contributed by atoms with Gasteiger partial charge in [0.1, 0.15) is 13.2 Å². The Morgan fingerprint density at radius 2 is 0.684 bits per heavy atom. The largest absolute Gasteiger partial charge is 0.462 e. The smallest absolute Gasteiger partial charge is 0.310 e. The predicted molar refractivity (Wildman–Crippen MR) is 242 cm³/mol. The SMILES string of the molecule is CC/C=C\C/C=C\C/C=C\C/C=C\C/C=C\CC(=O)OCC(COC(=O)CCCCCCCCCCC)OC(=O)C/C=C\C/C=C\C/C=C\C/C=C\C/C=C\CC. The van der Waals surface area contributed by atoms with Crippen LogP contribution in [0.15, 0.2) is 122 Å². The number of unbranched alkanes of at least 4 members (excludes halogenated alkanes) is 8. The van der Waals surface area contributed by atoms with Gasteiger partial charge in [-0.25, -0.2) is 0 Å². The Balaban J connectivity index is 4.67. The molecule has 0 heterocycles. The van der Waals surface area contributed by atoms with Crippen molar-refractivity contribution < 1.29 is 28.6 Å². The number of hydrogen-bond acceptors (Lipinski definition) is 6. The first-order valence-electron chi connectivity index (χ1n) is 22.0. The first kappa shape index (κ1) is 52.8. The minimum Gasteiger partial charge on any atom is -0.462 e. The highest BCUT2D eigenvalue weighted by atomic mass is 16.6. The van der Waals surface area contributed by atoms with Crippen molar-refractivity contribution in [3.05, 3.63) is 122 Å². The van der Waals surface area contributed by atoms with E-state index in [0.29, 0.717) is 12.8 Å². The van der Waals surface area contributed by atoms with Gasteiger partial charge in [0, 0.05) is 6.42 Å². The maximum atomic E-state index is 12.6. The van der Waals surface area contributed by atoms with Gasteiger partial charge in [0.25, 0.3) is 0 Å². The zero-order valence-corrected chi connectivity index (χ0v) is 36.0. The van der Waals surface area contributed by atoms with Crippen molar-refractivity contribution in [1.82, 2.24) is 0 Å². The summed E-state index contributed by atoms with van der Waals surface area (Å²) in [5.41, 5.74) is 0. The Morgan fingerprint density at radius 1 is 0.368 bits per heavy atom. The monoisotopic (exact) mass is 787 g/mol. The van der Waals surface area contributed by atoms with Gasteiger partial charge < -0.3 is 14.2 Å². The van der Waals surface area contributed by atoms with Gasteiger partial charge >= 0.3 is 17.9 Å². The summed E-state index contributed by atoms with van der Waals surface area (Å²) in [7, 11) is 0. The molecule has 0 aromatic heterocycles. The number of allylic oxidation sites excluding steroid dienone is 18. The molecule has 1 unspecified atom stereocenters. The van der Waals surface area contributed by atoms with Gasteiger partial charge in [0.15, 0.2) is 6.10 Å². The highest BCUT2D eigenvalue weighted by molar-refractivity contribution is 5.72. The van der Waals surface area contributed by atoms with Crippen molar-refractivity contribution in [2.24, 2.45) is 0 Å². The van der Waals surface area contributed by atoms with Crippen LogP contribution in [0.2, 0.25) is 0 Å². The second-order valence-corrected chi connectivity index (χ2v) is 13.9. The molecule has 0 N–H and O–H groups in total. The van der Waals surface area contributed by atoms with Crippen molar-refractivity contribution in [1.29, 1.82) is 0 Å². The molecule has 0 aromatic carbocycles. The quantitative estimate of drug-likeness (QED) is 0.0270. The average molecular weight is 787 g/mol. The molecule has 0 rings (SSSR count). The lowest BCUT2D eigenvalue weighted by Gasteiger charge is -2.17. The summed E-state index contributed by atoms with van der Waals surface area (Å²) in [6.07, 6.45) is 60.9. The second kappa shape index (κ2) is 44.5.